The van der Waals surface area contributed by atoms with Crippen molar-refractivity contribution in [2.75, 3.05) is 0 Å². The van der Waals surface area contributed by atoms with E-state index in [4.69, 9.17) is 5.11 Å². The monoisotopic (exact) mass is 275 g/mol. The van der Waals surface area contributed by atoms with Crippen LogP contribution >= 0.6 is 0 Å². The van der Waals surface area contributed by atoms with E-state index in [1.165, 1.54) is 20.8 Å². The summed E-state index contributed by atoms with van der Waals surface area (Å²) in [5, 5.41) is 20.7. The molecule has 0 unspecified atom stereocenters. The van der Waals surface area contributed by atoms with E-state index in [2.05, 4.69) is 17.2 Å². The van der Waals surface area contributed by atoms with Crippen LogP contribution in [0.4, 0.5) is 0 Å². The molecule has 1 rings (SSSR count). The lowest BCUT2D eigenvalue weighted by Crippen LogP contribution is -2.38. The molecule has 0 saturated carbocycles. The fourth-order valence-corrected chi connectivity index (χ4v) is 1.35. The van der Waals surface area contributed by atoms with Crippen molar-refractivity contribution in [1.82, 2.24) is 5.32 Å². The lowest BCUT2D eigenvalue weighted by atomic mass is 10.0. The lowest BCUT2D eigenvalue weighted by molar-refractivity contribution is -0.138. The van der Waals surface area contributed by atoms with Crippen LogP contribution in [-0.4, -0.2) is 33.7 Å². The van der Waals surface area contributed by atoms with Crippen LogP contribution in [0.1, 0.15) is 36.7 Å². The molecule has 1 amide bonds. The molecular weight excluding hydrogens is 258 g/mol. The Morgan fingerprint density at radius 2 is 1.90 bits per heavy atom. The van der Waals surface area contributed by atoms with E-state index in [-0.39, 0.29) is 5.56 Å². The first-order chi connectivity index (χ1) is 9.20. The standard InChI is InChI=1S/C15H17NO4/c1-10(14(18)19)16-13(17)12-7-5-4-6-11(12)8-9-15(2,3)20/h4-7,10,20H,1-3H3,(H,16,17)(H,18,19)/t10-/m1/s1. The number of hydrogen-bond acceptors (Lipinski definition) is 3. The summed E-state index contributed by atoms with van der Waals surface area (Å²) in [5.74, 6) is 3.72. The largest absolute Gasteiger partial charge is 0.480 e. The quantitative estimate of drug-likeness (QED) is 0.719. The number of amides is 1. The lowest BCUT2D eigenvalue weighted by Gasteiger charge is -2.11. The Hall–Kier alpha value is -2.32. The normalized spacial score (nSPS) is 12.0. The molecule has 5 nitrogen and oxygen atoms in total. The number of carboxylic acid groups (broad SMARTS) is 1. The van der Waals surface area contributed by atoms with Crippen molar-refractivity contribution < 1.29 is 19.8 Å². The molecule has 0 aliphatic heterocycles. The van der Waals surface area contributed by atoms with Crippen molar-refractivity contribution in [1.29, 1.82) is 0 Å². The minimum atomic E-state index is -1.17. The Kier molecular flexibility index (Phi) is 4.89. The minimum absolute atomic E-state index is 0.275. The second-order valence-electron chi connectivity index (χ2n) is 4.89. The zero-order valence-electron chi connectivity index (χ0n) is 11.6. The number of carbonyl (C=O) groups is 2. The number of aliphatic hydroxyl groups is 1. The van der Waals surface area contributed by atoms with Crippen LogP contribution in [0.5, 0.6) is 0 Å². The second-order valence-corrected chi connectivity index (χ2v) is 4.89. The number of benzene rings is 1. The van der Waals surface area contributed by atoms with Crippen LogP contribution in [0, 0.1) is 11.8 Å². The Bertz CT molecular complexity index is 576. The molecule has 0 saturated heterocycles. The molecule has 0 aliphatic carbocycles. The molecule has 0 bridgehead atoms. The van der Waals surface area contributed by atoms with Crippen LogP contribution in [-0.2, 0) is 4.79 Å². The molecule has 0 radical (unpaired) electrons. The van der Waals surface area contributed by atoms with Gasteiger partial charge in [0.1, 0.15) is 11.6 Å². The van der Waals surface area contributed by atoms with Crippen molar-refractivity contribution in [2.24, 2.45) is 0 Å². The number of carboxylic acids is 1. The van der Waals surface area contributed by atoms with Crippen LogP contribution in [0.25, 0.3) is 0 Å². The summed E-state index contributed by atoms with van der Waals surface area (Å²) in [6, 6.07) is 5.58. The van der Waals surface area contributed by atoms with Crippen molar-refractivity contribution in [2.45, 2.75) is 32.4 Å². The molecule has 0 spiro atoms. The van der Waals surface area contributed by atoms with Gasteiger partial charge in [-0.05, 0) is 32.9 Å². The molecule has 1 atom stereocenters. The minimum Gasteiger partial charge on any atom is -0.480 e. The highest BCUT2D eigenvalue weighted by molar-refractivity contribution is 5.98. The van der Waals surface area contributed by atoms with Gasteiger partial charge < -0.3 is 15.5 Å². The van der Waals surface area contributed by atoms with Gasteiger partial charge in [-0.25, -0.2) is 0 Å². The van der Waals surface area contributed by atoms with Crippen LogP contribution in [0.3, 0.4) is 0 Å². The zero-order chi connectivity index (χ0) is 15.3. The zero-order valence-corrected chi connectivity index (χ0v) is 11.6. The molecule has 1 aromatic carbocycles. The molecular formula is C15H17NO4. The maximum absolute atomic E-state index is 12.0. The molecule has 5 heteroatoms. The Morgan fingerprint density at radius 3 is 2.45 bits per heavy atom. The maximum atomic E-state index is 12.0. The van der Waals surface area contributed by atoms with Gasteiger partial charge >= 0.3 is 5.97 Å². The van der Waals surface area contributed by atoms with Gasteiger partial charge in [0.2, 0.25) is 0 Å². The van der Waals surface area contributed by atoms with E-state index in [0.717, 1.165) is 0 Å². The summed E-state index contributed by atoms with van der Waals surface area (Å²) in [5.41, 5.74) is -0.458. The Morgan fingerprint density at radius 1 is 1.30 bits per heavy atom. The van der Waals surface area contributed by atoms with Gasteiger partial charge in [0.25, 0.3) is 5.91 Å². The average Bonchev–Trinajstić information content (AvgIpc) is 2.35. The van der Waals surface area contributed by atoms with Gasteiger partial charge in [0.15, 0.2) is 0 Å². The number of hydrogen-bond donors (Lipinski definition) is 3. The van der Waals surface area contributed by atoms with E-state index in [1.54, 1.807) is 24.3 Å². The molecule has 0 heterocycles. The first-order valence-electron chi connectivity index (χ1n) is 6.09. The van der Waals surface area contributed by atoms with Crippen LogP contribution in [0.15, 0.2) is 24.3 Å². The molecule has 0 fully saturated rings. The van der Waals surface area contributed by atoms with Gasteiger partial charge in [0, 0.05) is 5.56 Å². The molecule has 20 heavy (non-hydrogen) atoms. The molecule has 1 aromatic rings. The summed E-state index contributed by atoms with van der Waals surface area (Å²) in [6.45, 7) is 4.45. The third-order valence-electron chi connectivity index (χ3n) is 2.39. The van der Waals surface area contributed by atoms with E-state index >= 15 is 0 Å². The van der Waals surface area contributed by atoms with Gasteiger partial charge in [-0.1, -0.05) is 24.0 Å². The van der Waals surface area contributed by atoms with E-state index in [0.29, 0.717) is 5.56 Å². The second kappa shape index (κ2) is 6.22. The highest BCUT2D eigenvalue weighted by atomic mass is 16.4. The first-order valence-corrected chi connectivity index (χ1v) is 6.09. The molecule has 0 aliphatic rings. The average molecular weight is 275 g/mol. The molecule has 3 N–H and O–H groups in total. The summed E-state index contributed by atoms with van der Waals surface area (Å²) >= 11 is 0. The third-order valence-corrected chi connectivity index (χ3v) is 2.39. The third kappa shape index (κ3) is 4.75. The first kappa shape index (κ1) is 15.7. The summed E-state index contributed by atoms with van der Waals surface area (Å²) in [4.78, 5) is 22.7. The Labute approximate surface area is 117 Å². The highest BCUT2D eigenvalue weighted by Crippen LogP contribution is 2.09. The van der Waals surface area contributed by atoms with E-state index in [9.17, 15) is 14.7 Å². The number of rotatable bonds is 3. The number of carbonyl (C=O) groups excluding carboxylic acids is 1. The molecule has 0 aromatic heterocycles. The van der Waals surface area contributed by atoms with Crippen LogP contribution in [0.2, 0.25) is 0 Å². The smallest absolute Gasteiger partial charge is 0.325 e. The predicted molar refractivity (Wildman–Crippen MR) is 74.2 cm³/mol. The summed E-state index contributed by atoms with van der Waals surface area (Å²) in [6.07, 6.45) is 0. The molecule has 106 valence electrons. The number of aliphatic carboxylic acids is 1. The predicted octanol–water partition coefficient (Wildman–Crippen LogP) is 1.01. The van der Waals surface area contributed by atoms with Gasteiger partial charge in [-0.3, -0.25) is 9.59 Å². The fraction of sp³-hybridized carbons (Fsp3) is 0.333. The summed E-state index contributed by atoms with van der Waals surface area (Å²) < 4.78 is 0. The van der Waals surface area contributed by atoms with Gasteiger partial charge in [-0.15, -0.1) is 0 Å². The van der Waals surface area contributed by atoms with Gasteiger partial charge in [-0.2, -0.15) is 0 Å². The highest BCUT2D eigenvalue weighted by Gasteiger charge is 2.17. The van der Waals surface area contributed by atoms with Crippen LogP contribution < -0.4 is 5.32 Å². The van der Waals surface area contributed by atoms with Crippen molar-refractivity contribution in [3.63, 3.8) is 0 Å². The summed E-state index contributed by atoms with van der Waals surface area (Å²) in [7, 11) is 0. The van der Waals surface area contributed by atoms with E-state index < -0.39 is 23.5 Å². The maximum Gasteiger partial charge on any atom is 0.325 e. The number of nitrogens with one attached hydrogen (secondary N) is 1. The Balaban J connectivity index is 3.04. The van der Waals surface area contributed by atoms with Crippen molar-refractivity contribution in [3.05, 3.63) is 35.4 Å². The fourth-order valence-electron chi connectivity index (χ4n) is 1.35. The van der Waals surface area contributed by atoms with Crippen molar-refractivity contribution >= 4 is 11.9 Å². The van der Waals surface area contributed by atoms with Crippen molar-refractivity contribution in [3.8, 4) is 11.8 Å². The van der Waals surface area contributed by atoms with E-state index in [1.807, 2.05) is 0 Å². The topological polar surface area (TPSA) is 86.6 Å². The van der Waals surface area contributed by atoms with Gasteiger partial charge in [0.05, 0.1) is 5.56 Å². The SMILES string of the molecule is C[C@@H](NC(=O)c1ccccc1C#CC(C)(C)O)C(=O)O.